The molecule has 2 heterocycles. The molecule has 2 aromatic heterocycles. The van der Waals surface area contributed by atoms with Gasteiger partial charge in [0.2, 0.25) is 5.89 Å². The summed E-state index contributed by atoms with van der Waals surface area (Å²) in [5.41, 5.74) is 7.49. The van der Waals surface area contributed by atoms with Gasteiger partial charge in [0.1, 0.15) is 0 Å². The van der Waals surface area contributed by atoms with Gasteiger partial charge in [-0.25, -0.2) is 4.79 Å². The van der Waals surface area contributed by atoms with Crippen molar-refractivity contribution in [3.63, 3.8) is 0 Å². The highest BCUT2D eigenvalue weighted by molar-refractivity contribution is 7.13. The smallest absolute Gasteiger partial charge is 0.338 e. The van der Waals surface area contributed by atoms with E-state index in [-0.39, 0.29) is 19.1 Å². The fourth-order valence-electron chi connectivity index (χ4n) is 2.61. The molecule has 0 aliphatic carbocycles. The summed E-state index contributed by atoms with van der Waals surface area (Å²) in [5, 5.41) is 9.95. The standard InChI is InChI=1S/C20H22N4O4S/c1-3-8-24(11-17-22-23-19(28-17)16-5-4-9-29-16)18(25)12-27-20(26)14-7-6-13(2)15(21)10-14/h4-7,9-10H,3,8,11-12,21H2,1-2H3. The molecule has 0 aliphatic heterocycles. The van der Waals surface area contributed by atoms with Gasteiger partial charge < -0.3 is 19.8 Å². The summed E-state index contributed by atoms with van der Waals surface area (Å²) in [6.45, 7) is 4.05. The third-order valence-corrected chi connectivity index (χ3v) is 5.07. The first kappa shape index (κ1) is 20.5. The normalized spacial score (nSPS) is 10.7. The highest BCUT2D eigenvalue weighted by atomic mass is 32.1. The van der Waals surface area contributed by atoms with Crippen LogP contribution < -0.4 is 5.73 Å². The lowest BCUT2D eigenvalue weighted by atomic mass is 10.1. The Hall–Kier alpha value is -3.20. The van der Waals surface area contributed by atoms with Crippen LogP contribution in [0.4, 0.5) is 5.69 Å². The number of nitrogens with zero attached hydrogens (tertiary/aromatic N) is 3. The van der Waals surface area contributed by atoms with Crippen molar-refractivity contribution >= 4 is 28.9 Å². The molecular formula is C20H22N4O4S. The maximum atomic E-state index is 12.6. The highest BCUT2D eigenvalue weighted by Gasteiger charge is 2.20. The molecule has 0 saturated heterocycles. The van der Waals surface area contributed by atoms with Crippen LogP contribution in [-0.4, -0.2) is 40.1 Å². The number of aromatic nitrogens is 2. The van der Waals surface area contributed by atoms with Crippen LogP contribution in [0.25, 0.3) is 10.8 Å². The molecule has 0 spiro atoms. The van der Waals surface area contributed by atoms with Gasteiger partial charge in [-0.3, -0.25) is 4.79 Å². The van der Waals surface area contributed by atoms with Crippen LogP contribution >= 0.6 is 11.3 Å². The van der Waals surface area contributed by atoms with Crippen LogP contribution in [0, 0.1) is 6.92 Å². The number of carbonyl (C=O) groups excluding carboxylic acids is 2. The summed E-state index contributed by atoms with van der Waals surface area (Å²) in [4.78, 5) is 27.2. The number of thiophene rings is 1. The van der Waals surface area contributed by atoms with Crippen molar-refractivity contribution in [2.24, 2.45) is 0 Å². The Morgan fingerprint density at radius 1 is 1.28 bits per heavy atom. The van der Waals surface area contributed by atoms with Gasteiger partial charge in [-0.05, 0) is 42.5 Å². The average Bonchev–Trinajstić information content (AvgIpc) is 3.39. The molecule has 29 heavy (non-hydrogen) atoms. The number of ether oxygens (including phenoxy) is 1. The predicted molar refractivity (Wildman–Crippen MR) is 109 cm³/mol. The third-order valence-electron chi connectivity index (χ3n) is 4.21. The van der Waals surface area contributed by atoms with E-state index in [9.17, 15) is 9.59 Å². The highest BCUT2D eigenvalue weighted by Crippen LogP contribution is 2.23. The zero-order valence-electron chi connectivity index (χ0n) is 16.3. The lowest BCUT2D eigenvalue weighted by molar-refractivity contribution is -0.135. The van der Waals surface area contributed by atoms with Crippen molar-refractivity contribution in [3.8, 4) is 10.8 Å². The minimum atomic E-state index is -0.598. The summed E-state index contributed by atoms with van der Waals surface area (Å²) < 4.78 is 10.8. The van der Waals surface area contributed by atoms with Crippen molar-refractivity contribution in [2.75, 3.05) is 18.9 Å². The zero-order valence-corrected chi connectivity index (χ0v) is 17.1. The molecule has 3 aromatic rings. The molecule has 0 bridgehead atoms. The van der Waals surface area contributed by atoms with E-state index in [1.165, 1.54) is 22.3 Å². The van der Waals surface area contributed by atoms with Crippen LogP contribution in [0.1, 0.15) is 35.2 Å². The number of nitrogen functional groups attached to an aromatic ring is 1. The Morgan fingerprint density at radius 2 is 2.10 bits per heavy atom. The summed E-state index contributed by atoms with van der Waals surface area (Å²) in [6.07, 6.45) is 0.736. The monoisotopic (exact) mass is 414 g/mol. The van der Waals surface area contributed by atoms with E-state index in [0.717, 1.165) is 16.9 Å². The molecule has 2 N–H and O–H groups in total. The molecule has 8 nitrogen and oxygen atoms in total. The minimum absolute atomic E-state index is 0.153. The predicted octanol–water partition coefficient (Wildman–Crippen LogP) is 3.28. The van der Waals surface area contributed by atoms with Crippen molar-refractivity contribution in [2.45, 2.75) is 26.8 Å². The van der Waals surface area contributed by atoms with Gasteiger partial charge in [0.05, 0.1) is 17.0 Å². The van der Waals surface area contributed by atoms with Gasteiger partial charge in [0.25, 0.3) is 11.8 Å². The SMILES string of the molecule is CCCN(Cc1nnc(-c2cccs2)o1)C(=O)COC(=O)c1ccc(C)c(N)c1. The van der Waals surface area contributed by atoms with E-state index in [1.54, 1.807) is 12.1 Å². The number of rotatable bonds is 8. The fourth-order valence-corrected chi connectivity index (χ4v) is 3.26. The summed E-state index contributed by atoms with van der Waals surface area (Å²) in [6, 6.07) is 8.67. The molecule has 0 aliphatic rings. The Balaban J connectivity index is 1.60. The molecule has 3 rings (SSSR count). The van der Waals surface area contributed by atoms with Crippen LogP contribution in [0.3, 0.4) is 0 Å². The number of hydrogen-bond donors (Lipinski definition) is 1. The quantitative estimate of drug-likeness (QED) is 0.445. The molecule has 1 aromatic carbocycles. The van der Waals surface area contributed by atoms with Crippen molar-refractivity contribution < 1.29 is 18.7 Å². The number of aryl methyl sites for hydroxylation is 1. The Labute approximate surface area is 172 Å². The summed E-state index contributed by atoms with van der Waals surface area (Å²) >= 11 is 1.49. The molecular weight excluding hydrogens is 392 g/mol. The molecule has 152 valence electrons. The molecule has 0 fully saturated rings. The largest absolute Gasteiger partial charge is 0.452 e. The Bertz CT molecular complexity index is 984. The third kappa shape index (κ3) is 5.20. The van der Waals surface area contributed by atoms with Crippen molar-refractivity contribution in [3.05, 3.63) is 52.7 Å². The number of nitrogens with two attached hydrogens (primary N) is 1. The lowest BCUT2D eigenvalue weighted by Gasteiger charge is -2.20. The Morgan fingerprint density at radius 3 is 2.79 bits per heavy atom. The number of benzene rings is 1. The van der Waals surface area contributed by atoms with Crippen LogP contribution in [0.5, 0.6) is 0 Å². The van der Waals surface area contributed by atoms with Gasteiger partial charge in [0.15, 0.2) is 6.61 Å². The minimum Gasteiger partial charge on any atom is -0.452 e. The number of hydrogen-bond acceptors (Lipinski definition) is 8. The Kier molecular flexibility index (Phi) is 6.61. The first-order chi connectivity index (χ1) is 14.0. The zero-order chi connectivity index (χ0) is 20.8. The molecule has 0 atom stereocenters. The van der Waals surface area contributed by atoms with E-state index in [1.807, 2.05) is 31.4 Å². The van der Waals surface area contributed by atoms with E-state index in [0.29, 0.717) is 29.6 Å². The number of esters is 1. The summed E-state index contributed by atoms with van der Waals surface area (Å²) in [7, 11) is 0. The second kappa shape index (κ2) is 9.33. The van der Waals surface area contributed by atoms with E-state index in [2.05, 4.69) is 10.2 Å². The van der Waals surface area contributed by atoms with Gasteiger partial charge in [-0.1, -0.05) is 19.1 Å². The van der Waals surface area contributed by atoms with Crippen LogP contribution in [-0.2, 0) is 16.1 Å². The van der Waals surface area contributed by atoms with E-state index >= 15 is 0 Å². The second-order valence-electron chi connectivity index (χ2n) is 6.44. The molecule has 0 saturated carbocycles. The fraction of sp³-hybridized carbons (Fsp3) is 0.300. The van der Waals surface area contributed by atoms with Gasteiger partial charge in [-0.15, -0.1) is 21.5 Å². The molecule has 9 heteroatoms. The summed E-state index contributed by atoms with van der Waals surface area (Å²) in [5.74, 6) is -0.189. The van der Waals surface area contributed by atoms with Crippen molar-refractivity contribution in [1.82, 2.24) is 15.1 Å². The van der Waals surface area contributed by atoms with Crippen LogP contribution in [0.2, 0.25) is 0 Å². The molecule has 0 unspecified atom stereocenters. The number of carbonyl (C=O) groups is 2. The second-order valence-corrected chi connectivity index (χ2v) is 7.39. The average molecular weight is 414 g/mol. The van der Waals surface area contributed by atoms with E-state index < -0.39 is 5.97 Å². The van der Waals surface area contributed by atoms with Crippen molar-refractivity contribution in [1.29, 1.82) is 0 Å². The lowest BCUT2D eigenvalue weighted by Crippen LogP contribution is -2.35. The molecule has 1 amide bonds. The maximum Gasteiger partial charge on any atom is 0.338 e. The van der Waals surface area contributed by atoms with Crippen LogP contribution in [0.15, 0.2) is 40.1 Å². The maximum absolute atomic E-state index is 12.6. The number of amides is 1. The van der Waals surface area contributed by atoms with Gasteiger partial charge >= 0.3 is 5.97 Å². The number of anilines is 1. The first-order valence-electron chi connectivity index (χ1n) is 9.15. The van der Waals surface area contributed by atoms with Gasteiger partial charge in [0, 0.05) is 12.2 Å². The topological polar surface area (TPSA) is 112 Å². The van der Waals surface area contributed by atoms with Gasteiger partial charge in [-0.2, -0.15) is 0 Å². The first-order valence-corrected chi connectivity index (χ1v) is 10.0. The van der Waals surface area contributed by atoms with E-state index in [4.69, 9.17) is 14.9 Å². The molecule has 0 radical (unpaired) electrons.